The van der Waals surface area contributed by atoms with Crippen molar-refractivity contribution in [2.45, 2.75) is 24.8 Å². The molecule has 156 valence electrons. The fraction of sp³-hybridized carbons (Fsp3) is 0.312. The van der Waals surface area contributed by atoms with Gasteiger partial charge in [0.1, 0.15) is 23.0 Å². The lowest BCUT2D eigenvalue weighted by molar-refractivity contribution is -0.301. The molecule has 0 radical (unpaired) electrons. The maximum atomic E-state index is 13.7. The maximum Gasteiger partial charge on any atom is 0.427 e. The Morgan fingerprint density at radius 1 is 1.03 bits per heavy atom. The molecule has 0 aliphatic carbocycles. The number of aromatic nitrogens is 2. The van der Waals surface area contributed by atoms with E-state index in [0.717, 1.165) is 6.92 Å². The van der Waals surface area contributed by atoms with Crippen LogP contribution in [-0.4, -0.2) is 34.8 Å². The number of benzene rings is 1. The molecule has 29 heavy (non-hydrogen) atoms. The molecule has 0 atom stereocenters. The fourth-order valence-corrected chi connectivity index (χ4v) is 3.05. The van der Waals surface area contributed by atoms with Gasteiger partial charge in [0.15, 0.2) is 0 Å². The number of ether oxygens (including phenoxy) is 1. The SMILES string of the molecule is COc1ccc(-n2c3c(c(=O)[nH]c2=O)C(C(F)(F)F)(C(F)(F)F)N=C(C)N3)cc1. The number of nitrogens with one attached hydrogen (secondary N) is 2. The van der Waals surface area contributed by atoms with Gasteiger partial charge in [-0.25, -0.2) is 14.4 Å². The molecule has 2 heterocycles. The van der Waals surface area contributed by atoms with E-state index in [-0.39, 0.29) is 5.69 Å². The predicted molar refractivity (Wildman–Crippen MR) is 89.7 cm³/mol. The molecule has 7 nitrogen and oxygen atoms in total. The van der Waals surface area contributed by atoms with Crippen LogP contribution < -0.4 is 21.3 Å². The second kappa shape index (κ2) is 6.39. The van der Waals surface area contributed by atoms with Crippen LogP contribution in [0, 0.1) is 0 Å². The van der Waals surface area contributed by atoms with Gasteiger partial charge in [-0.3, -0.25) is 9.78 Å². The molecule has 0 saturated carbocycles. The molecule has 0 bridgehead atoms. The van der Waals surface area contributed by atoms with Crippen molar-refractivity contribution < 1.29 is 31.1 Å². The molecule has 2 N–H and O–H groups in total. The highest BCUT2D eigenvalue weighted by atomic mass is 19.4. The number of amidine groups is 1. The summed E-state index contributed by atoms with van der Waals surface area (Å²) in [6, 6.07) is 5.13. The van der Waals surface area contributed by atoms with Crippen LogP contribution in [0.3, 0.4) is 0 Å². The average Bonchev–Trinajstić information content (AvgIpc) is 2.59. The molecule has 1 aliphatic heterocycles. The highest BCUT2D eigenvalue weighted by molar-refractivity contribution is 5.96. The van der Waals surface area contributed by atoms with Gasteiger partial charge < -0.3 is 10.1 Å². The minimum atomic E-state index is -6.02. The molecule has 0 fully saturated rings. The van der Waals surface area contributed by atoms with E-state index in [9.17, 15) is 35.9 Å². The first-order valence-corrected chi connectivity index (χ1v) is 7.84. The molecule has 3 rings (SSSR count). The molecular weight excluding hydrogens is 410 g/mol. The molecule has 1 aromatic heterocycles. The van der Waals surface area contributed by atoms with Gasteiger partial charge in [0.25, 0.3) is 11.1 Å². The zero-order valence-corrected chi connectivity index (χ0v) is 14.7. The number of alkyl halides is 6. The van der Waals surface area contributed by atoms with E-state index in [2.05, 4.69) is 10.3 Å². The topological polar surface area (TPSA) is 88.5 Å². The van der Waals surface area contributed by atoms with Gasteiger partial charge in [-0.2, -0.15) is 26.3 Å². The molecule has 1 aliphatic rings. The Kier molecular flexibility index (Phi) is 4.51. The number of anilines is 1. The van der Waals surface area contributed by atoms with Gasteiger partial charge in [-0.1, -0.05) is 0 Å². The number of fused-ring (bicyclic) bond motifs is 1. The van der Waals surface area contributed by atoms with E-state index in [4.69, 9.17) is 4.74 Å². The Morgan fingerprint density at radius 3 is 2.07 bits per heavy atom. The number of aromatic amines is 1. The largest absolute Gasteiger partial charge is 0.497 e. The number of nitrogens with zero attached hydrogens (tertiary/aromatic N) is 2. The van der Waals surface area contributed by atoms with Gasteiger partial charge in [-0.15, -0.1) is 0 Å². The number of rotatable bonds is 2. The van der Waals surface area contributed by atoms with Crippen LogP contribution in [0.4, 0.5) is 32.2 Å². The van der Waals surface area contributed by atoms with Crippen molar-refractivity contribution in [2.75, 3.05) is 12.4 Å². The smallest absolute Gasteiger partial charge is 0.427 e. The summed E-state index contributed by atoms with van der Waals surface area (Å²) in [6.07, 6.45) is -12.0. The van der Waals surface area contributed by atoms with E-state index < -0.39 is 46.4 Å². The minimum absolute atomic E-state index is 0.108. The van der Waals surface area contributed by atoms with Crippen molar-refractivity contribution >= 4 is 11.7 Å². The van der Waals surface area contributed by atoms with Crippen LogP contribution in [0.1, 0.15) is 12.5 Å². The Labute approximate surface area is 157 Å². The fourth-order valence-electron chi connectivity index (χ4n) is 3.05. The Bertz CT molecular complexity index is 1080. The van der Waals surface area contributed by atoms with E-state index in [1.807, 2.05) is 0 Å². The summed E-state index contributed by atoms with van der Waals surface area (Å²) in [5.41, 5.74) is -9.82. The quantitative estimate of drug-likeness (QED) is 0.729. The first-order chi connectivity index (χ1) is 13.3. The van der Waals surface area contributed by atoms with Crippen LogP contribution in [0.25, 0.3) is 5.69 Å². The van der Waals surface area contributed by atoms with Crippen molar-refractivity contribution in [3.63, 3.8) is 0 Å². The van der Waals surface area contributed by atoms with Gasteiger partial charge in [0.2, 0.25) is 0 Å². The molecule has 0 saturated heterocycles. The third kappa shape index (κ3) is 2.96. The van der Waals surface area contributed by atoms with Crippen LogP contribution in [0.2, 0.25) is 0 Å². The molecule has 2 aromatic rings. The van der Waals surface area contributed by atoms with Gasteiger partial charge in [-0.05, 0) is 31.2 Å². The van der Waals surface area contributed by atoms with E-state index in [1.54, 1.807) is 0 Å². The van der Waals surface area contributed by atoms with Crippen molar-refractivity contribution in [2.24, 2.45) is 4.99 Å². The van der Waals surface area contributed by atoms with Gasteiger partial charge in [0, 0.05) is 0 Å². The zero-order chi connectivity index (χ0) is 21.8. The van der Waals surface area contributed by atoms with Crippen LogP contribution in [-0.2, 0) is 5.54 Å². The number of halogens is 6. The van der Waals surface area contributed by atoms with Crippen molar-refractivity contribution in [3.05, 3.63) is 50.7 Å². The summed E-state index contributed by atoms with van der Waals surface area (Å²) in [4.78, 5) is 28.8. The third-order valence-corrected chi connectivity index (χ3v) is 4.26. The molecule has 0 amide bonds. The summed E-state index contributed by atoms with van der Waals surface area (Å²) in [5.74, 6) is -1.43. The summed E-state index contributed by atoms with van der Waals surface area (Å²) in [6.45, 7) is 0.860. The van der Waals surface area contributed by atoms with E-state index >= 15 is 0 Å². The zero-order valence-electron chi connectivity index (χ0n) is 14.7. The van der Waals surface area contributed by atoms with E-state index in [1.165, 1.54) is 36.4 Å². The molecule has 1 aromatic carbocycles. The summed E-state index contributed by atoms with van der Waals surface area (Å²) >= 11 is 0. The van der Waals surface area contributed by atoms with Crippen LogP contribution in [0.15, 0.2) is 38.8 Å². The highest BCUT2D eigenvalue weighted by Crippen LogP contribution is 2.55. The van der Waals surface area contributed by atoms with Crippen molar-refractivity contribution in [1.29, 1.82) is 0 Å². The number of methoxy groups -OCH3 is 1. The van der Waals surface area contributed by atoms with Crippen LogP contribution >= 0.6 is 0 Å². The standard InChI is InChI=1S/C16H12F6N4O3/c1-7-23-11-10(14(25-7,15(17,18)19)16(20,21)22)12(27)24-13(28)26(11)8-3-5-9(29-2)6-4-8/h3-6H,1-2H3,(H,23,25)(H,24,27,28). The lowest BCUT2D eigenvalue weighted by Crippen LogP contribution is -2.59. The number of aliphatic imine (C=N–C) groups is 1. The van der Waals surface area contributed by atoms with E-state index in [0.29, 0.717) is 10.3 Å². The number of H-pyrrole nitrogens is 1. The lowest BCUT2D eigenvalue weighted by atomic mass is 9.88. The normalized spacial score (nSPS) is 15.9. The lowest BCUT2D eigenvalue weighted by Gasteiger charge is -2.38. The summed E-state index contributed by atoms with van der Waals surface area (Å²) < 4.78 is 87.9. The Hall–Kier alpha value is -3.25. The van der Waals surface area contributed by atoms with Gasteiger partial charge >= 0.3 is 18.0 Å². The second-order valence-electron chi connectivity index (χ2n) is 6.04. The monoisotopic (exact) mass is 422 g/mol. The van der Waals surface area contributed by atoms with Crippen molar-refractivity contribution in [3.8, 4) is 11.4 Å². The maximum absolute atomic E-state index is 13.7. The molecule has 0 unspecified atom stereocenters. The minimum Gasteiger partial charge on any atom is -0.497 e. The molecule has 13 heteroatoms. The summed E-state index contributed by atoms with van der Waals surface area (Å²) in [7, 11) is 1.34. The highest BCUT2D eigenvalue weighted by Gasteiger charge is 2.75. The Morgan fingerprint density at radius 2 is 1.59 bits per heavy atom. The number of hydrogen-bond acceptors (Lipinski definition) is 5. The predicted octanol–water partition coefficient (Wildman–Crippen LogP) is 2.70. The first-order valence-electron chi connectivity index (χ1n) is 7.84. The molecular formula is C16H12F6N4O3. The van der Waals surface area contributed by atoms with Crippen molar-refractivity contribution in [1.82, 2.24) is 9.55 Å². The third-order valence-electron chi connectivity index (χ3n) is 4.26. The molecule has 0 spiro atoms. The number of hydrogen-bond donors (Lipinski definition) is 2. The average molecular weight is 422 g/mol. The first kappa shape index (κ1) is 20.5. The van der Waals surface area contributed by atoms with Crippen LogP contribution in [0.5, 0.6) is 5.75 Å². The second-order valence-corrected chi connectivity index (χ2v) is 6.04. The van der Waals surface area contributed by atoms with Gasteiger partial charge in [0.05, 0.1) is 12.8 Å². The summed E-state index contributed by atoms with van der Waals surface area (Å²) in [5, 5.41) is 2.20. The Balaban J connectivity index is 2.47.